The van der Waals surface area contributed by atoms with E-state index in [0.717, 1.165) is 50.6 Å². The molecule has 3 aromatic carbocycles. The predicted octanol–water partition coefficient (Wildman–Crippen LogP) is 6.66. The molecular formula is C28H31ClN2O2S. The molecule has 1 fully saturated rings. The standard InChI is InChI=1S/C28H30N2O2S.ClH/c1-31-28-11-5-4-10-25(28)30-18-16-29(17-19-30)15-13-26(23-14-20-33-21-23)32-27-12-6-8-22-7-2-3-9-24(22)27;/h2-12,14,20-21,26H,13,15-19H2,1H3;1H. The van der Waals surface area contributed by atoms with Gasteiger partial charge >= 0.3 is 0 Å². The van der Waals surface area contributed by atoms with Gasteiger partial charge in [0.1, 0.15) is 17.6 Å². The average Bonchev–Trinajstić information content (AvgIpc) is 3.42. The highest BCUT2D eigenvalue weighted by atomic mass is 35.5. The third kappa shape index (κ3) is 5.49. The lowest BCUT2D eigenvalue weighted by Crippen LogP contribution is -2.47. The number of thiophene rings is 1. The van der Waals surface area contributed by atoms with Gasteiger partial charge in [0.15, 0.2) is 0 Å². The Morgan fingerprint density at radius 1 is 0.853 bits per heavy atom. The van der Waals surface area contributed by atoms with E-state index < -0.39 is 0 Å². The van der Waals surface area contributed by atoms with E-state index in [-0.39, 0.29) is 18.5 Å². The summed E-state index contributed by atoms with van der Waals surface area (Å²) in [5.74, 6) is 1.91. The molecule has 1 aliphatic heterocycles. The summed E-state index contributed by atoms with van der Waals surface area (Å²) in [7, 11) is 1.75. The Labute approximate surface area is 212 Å². The Morgan fingerprint density at radius 2 is 1.59 bits per heavy atom. The number of ether oxygens (including phenoxy) is 2. The van der Waals surface area contributed by atoms with E-state index in [0.29, 0.717) is 0 Å². The van der Waals surface area contributed by atoms with Crippen LogP contribution < -0.4 is 14.4 Å². The number of nitrogens with zero attached hydrogens (tertiary/aromatic N) is 2. The van der Waals surface area contributed by atoms with Gasteiger partial charge in [-0.05, 0) is 40.4 Å². The van der Waals surface area contributed by atoms with Crippen LogP contribution in [0.2, 0.25) is 0 Å². The number of halogens is 1. The van der Waals surface area contributed by atoms with E-state index in [1.54, 1.807) is 18.4 Å². The number of hydrogen-bond acceptors (Lipinski definition) is 5. The van der Waals surface area contributed by atoms with Crippen molar-refractivity contribution in [1.82, 2.24) is 4.90 Å². The molecule has 1 aliphatic rings. The fourth-order valence-electron chi connectivity index (χ4n) is 4.61. The Morgan fingerprint density at radius 3 is 2.38 bits per heavy atom. The maximum Gasteiger partial charge on any atom is 0.142 e. The zero-order valence-electron chi connectivity index (χ0n) is 19.4. The Hall–Kier alpha value is -2.73. The summed E-state index contributed by atoms with van der Waals surface area (Å²) in [5, 5.41) is 6.74. The maximum absolute atomic E-state index is 6.64. The maximum atomic E-state index is 6.64. The van der Waals surface area contributed by atoms with Crippen molar-refractivity contribution in [2.45, 2.75) is 12.5 Å². The molecule has 4 nitrogen and oxygen atoms in total. The monoisotopic (exact) mass is 494 g/mol. The fraction of sp³-hybridized carbons (Fsp3) is 0.286. The van der Waals surface area contributed by atoms with Crippen LogP contribution in [0.5, 0.6) is 11.5 Å². The molecule has 0 spiro atoms. The topological polar surface area (TPSA) is 24.9 Å². The first kappa shape index (κ1) is 24.4. The molecule has 1 saturated heterocycles. The van der Waals surface area contributed by atoms with Gasteiger partial charge in [0.05, 0.1) is 12.8 Å². The summed E-state index contributed by atoms with van der Waals surface area (Å²) in [5.41, 5.74) is 2.45. The van der Waals surface area contributed by atoms with Crippen molar-refractivity contribution >= 4 is 40.2 Å². The van der Waals surface area contributed by atoms with Gasteiger partial charge in [-0.1, -0.05) is 48.5 Å². The van der Waals surface area contributed by atoms with Crippen molar-refractivity contribution in [3.8, 4) is 11.5 Å². The van der Waals surface area contributed by atoms with Crippen molar-refractivity contribution in [2.24, 2.45) is 0 Å². The molecule has 0 aliphatic carbocycles. The minimum Gasteiger partial charge on any atom is -0.495 e. The number of anilines is 1. The zero-order chi connectivity index (χ0) is 22.5. The second kappa shape index (κ2) is 11.6. The van der Waals surface area contributed by atoms with Crippen LogP contribution in [-0.4, -0.2) is 44.7 Å². The minimum absolute atomic E-state index is 0. The van der Waals surface area contributed by atoms with Crippen LogP contribution >= 0.6 is 23.7 Å². The van der Waals surface area contributed by atoms with Crippen molar-refractivity contribution in [2.75, 3.05) is 44.7 Å². The van der Waals surface area contributed by atoms with E-state index in [1.165, 1.54) is 22.0 Å². The van der Waals surface area contributed by atoms with Crippen molar-refractivity contribution < 1.29 is 9.47 Å². The van der Waals surface area contributed by atoms with E-state index in [1.807, 2.05) is 12.1 Å². The van der Waals surface area contributed by atoms with Crippen LogP contribution in [0, 0.1) is 0 Å². The number of methoxy groups -OCH3 is 1. The fourth-order valence-corrected chi connectivity index (χ4v) is 5.31. The van der Waals surface area contributed by atoms with Gasteiger partial charge in [-0.2, -0.15) is 11.3 Å². The SMILES string of the molecule is COc1ccccc1N1CCN(CCC(Oc2cccc3ccccc23)c2ccsc2)CC1.Cl. The van der Waals surface area contributed by atoms with E-state index in [9.17, 15) is 0 Å². The molecule has 1 atom stereocenters. The van der Waals surface area contributed by atoms with Gasteiger partial charge in [0.2, 0.25) is 0 Å². The van der Waals surface area contributed by atoms with Gasteiger partial charge in [-0.3, -0.25) is 4.90 Å². The van der Waals surface area contributed by atoms with Crippen molar-refractivity contribution in [3.63, 3.8) is 0 Å². The first-order chi connectivity index (χ1) is 16.3. The summed E-state index contributed by atoms with van der Waals surface area (Å²) in [6.07, 6.45) is 1.02. The van der Waals surface area contributed by atoms with Crippen LogP contribution in [0.15, 0.2) is 83.6 Å². The molecule has 5 rings (SSSR count). The summed E-state index contributed by atoms with van der Waals surface area (Å²) >= 11 is 1.73. The lowest BCUT2D eigenvalue weighted by atomic mass is 10.1. The van der Waals surface area contributed by atoms with Gasteiger partial charge in [0, 0.05) is 50.1 Å². The highest BCUT2D eigenvalue weighted by molar-refractivity contribution is 7.07. The van der Waals surface area contributed by atoms with Crippen molar-refractivity contribution in [1.29, 1.82) is 0 Å². The second-order valence-corrected chi connectivity index (χ2v) is 9.21. The lowest BCUT2D eigenvalue weighted by Gasteiger charge is -2.37. The van der Waals surface area contributed by atoms with Gasteiger partial charge in [-0.25, -0.2) is 0 Å². The second-order valence-electron chi connectivity index (χ2n) is 8.43. The molecule has 1 unspecified atom stereocenters. The third-order valence-corrected chi connectivity index (χ3v) is 7.14. The summed E-state index contributed by atoms with van der Waals surface area (Å²) in [4.78, 5) is 4.98. The number of benzene rings is 3. The Bertz CT molecular complexity index is 1170. The van der Waals surface area contributed by atoms with Crippen LogP contribution in [0.1, 0.15) is 18.1 Å². The molecule has 4 aromatic rings. The van der Waals surface area contributed by atoms with Crippen LogP contribution in [-0.2, 0) is 0 Å². The molecule has 34 heavy (non-hydrogen) atoms. The summed E-state index contributed by atoms with van der Waals surface area (Å²) < 4.78 is 12.2. The molecule has 178 valence electrons. The summed E-state index contributed by atoms with van der Waals surface area (Å²) in [6.45, 7) is 5.12. The predicted molar refractivity (Wildman–Crippen MR) is 145 cm³/mol. The Balaban J connectivity index is 0.00000274. The molecule has 1 aromatic heterocycles. The van der Waals surface area contributed by atoms with Gasteiger partial charge in [-0.15, -0.1) is 12.4 Å². The van der Waals surface area contributed by atoms with E-state index in [4.69, 9.17) is 9.47 Å². The van der Waals surface area contributed by atoms with E-state index >= 15 is 0 Å². The van der Waals surface area contributed by atoms with Gasteiger partial charge in [0.25, 0.3) is 0 Å². The van der Waals surface area contributed by atoms with Crippen LogP contribution in [0.25, 0.3) is 10.8 Å². The third-order valence-electron chi connectivity index (χ3n) is 6.44. The zero-order valence-corrected chi connectivity index (χ0v) is 21.1. The first-order valence-electron chi connectivity index (χ1n) is 11.6. The highest BCUT2D eigenvalue weighted by Crippen LogP contribution is 2.33. The largest absolute Gasteiger partial charge is 0.495 e. The van der Waals surface area contributed by atoms with Gasteiger partial charge < -0.3 is 14.4 Å². The summed E-state index contributed by atoms with van der Waals surface area (Å²) in [6, 6.07) is 25.3. The normalized spacial score (nSPS) is 15.0. The quantitative estimate of drug-likeness (QED) is 0.273. The Kier molecular flexibility index (Phi) is 8.33. The lowest BCUT2D eigenvalue weighted by molar-refractivity contribution is 0.162. The molecule has 6 heteroatoms. The molecule has 0 bridgehead atoms. The number of fused-ring (bicyclic) bond motifs is 1. The number of hydrogen-bond donors (Lipinski definition) is 0. The number of para-hydroxylation sites is 2. The smallest absolute Gasteiger partial charge is 0.142 e. The van der Waals surface area contributed by atoms with Crippen LogP contribution in [0.4, 0.5) is 5.69 Å². The van der Waals surface area contributed by atoms with E-state index in [2.05, 4.69) is 81.2 Å². The molecule has 0 amide bonds. The van der Waals surface area contributed by atoms with Crippen LogP contribution in [0.3, 0.4) is 0 Å². The number of rotatable bonds is 8. The van der Waals surface area contributed by atoms with Crippen molar-refractivity contribution in [3.05, 3.63) is 89.1 Å². The molecule has 0 radical (unpaired) electrons. The average molecular weight is 495 g/mol. The molecular weight excluding hydrogens is 464 g/mol. The highest BCUT2D eigenvalue weighted by Gasteiger charge is 2.22. The molecule has 0 N–H and O–H groups in total. The molecule has 0 saturated carbocycles. The number of piperazine rings is 1. The molecule has 2 heterocycles. The minimum atomic E-state index is 0. The first-order valence-corrected chi connectivity index (χ1v) is 12.5.